The Kier molecular flexibility index (Phi) is 1.72. The molecule has 0 radical (unpaired) electrons. The minimum absolute atomic E-state index is 0.395. The third kappa shape index (κ3) is 1.25. The van der Waals surface area contributed by atoms with Gasteiger partial charge >= 0.3 is 0 Å². The lowest BCUT2D eigenvalue weighted by Gasteiger charge is -2.19. The van der Waals surface area contributed by atoms with Crippen LogP contribution in [-0.4, -0.2) is 11.2 Å². The van der Waals surface area contributed by atoms with Crippen LogP contribution >= 0.6 is 0 Å². The molecule has 0 spiro atoms. The Morgan fingerprint density at radius 2 is 2.46 bits per heavy atom. The summed E-state index contributed by atoms with van der Waals surface area (Å²) in [5.74, 6) is 0.619. The number of rotatable bonds is 0. The summed E-state index contributed by atoms with van der Waals surface area (Å²) in [4.78, 5) is 4.04. The van der Waals surface area contributed by atoms with E-state index in [4.69, 9.17) is 15.7 Å². The zero-order valence-corrected chi connectivity index (χ0v) is 6.77. The molecule has 0 amide bonds. The minimum atomic E-state index is -0.665. The molecule has 1 unspecified atom stereocenters. The van der Waals surface area contributed by atoms with E-state index in [1.54, 1.807) is 24.4 Å². The molecule has 2 N–H and O–H groups in total. The Morgan fingerprint density at radius 1 is 1.62 bits per heavy atom. The molecule has 2 rings (SSSR count). The van der Waals surface area contributed by atoms with E-state index >= 15 is 0 Å². The van der Waals surface area contributed by atoms with Gasteiger partial charge in [-0.2, -0.15) is 5.26 Å². The number of nitrogens with zero attached hydrogens (tertiary/aromatic N) is 2. The molecule has 1 aromatic heterocycles. The first-order valence-electron chi connectivity index (χ1n) is 3.80. The summed E-state index contributed by atoms with van der Waals surface area (Å²) in [6.07, 6.45) is 2.62. The number of pyridine rings is 1. The van der Waals surface area contributed by atoms with Crippen LogP contribution in [0.4, 0.5) is 0 Å². The first-order valence-corrected chi connectivity index (χ1v) is 3.80. The Hall–Kier alpha value is -1.86. The van der Waals surface area contributed by atoms with Gasteiger partial charge in [-0.3, -0.25) is 10.7 Å². The van der Waals surface area contributed by atoms with Gasteiger partial charge in [0.25, 0.3) is 0 Å². The fourth-order valence-corrected chi connectivity index (χ4v) is 1.14. The maximum Gasteiger partial charge on any atom is 0.184 e. The molecule has 1 aromatic rings. The molecular weight excluding hydrogens is 166 g/mol. The SMILES string of the molecule is N#CC1=Cc2ncccc2OC1N. The molecule has 0 saturated carbocycles. The predicted molar refractivity (Wildman–Crippen MR) is 46.4 cm³/mol. The van der Waals surface area contributed by atoms with Crippen molar-refractivity contribution in [2.45, 2.75) is 6.23 Å². The molecule has 1 aliphatic rings. The van der Waals surface area contributed by atoms with Crippen LogP contribution in [0.3, 0.4) is 0 Å². The van der Waals surface area contributed by atoms with E-state index in [-0.39, 0.29) is 0 Å². The second kappa shape index (κ2) is 2.88. The summed E-state index contributed by atoms with van der Waals surface area (Å²) in [6, 6.07) is 5.50. The molecule has 13 heavy (non-hydrogen) atoms. The molecule has 0 aromatic carbocycles. The number of ether oxygens (including phenoxy) is 1. The van der Waals surface area contributed by atoms with Crippen LogP contribution in [0.5, 0.6) is 5.75 Å². The van der Waals surface area contributed by atoms with Gasteiger partial charge in [0.1, 0.15) is 17.5 Å². The lowest BCUT2D eigenvalue weighted by molar-refractivity contribution is 0.245. The highest BCUT2D eigenvalue weighted by Gasteiger charge is 2.18. The summed E-state index contributed by atoms with van der Waals surface area (Å²) in [7, 11) is 0. The molecule has 4 nitrogen and oxygen atoms in total. The number of fused-ring (bicyclic) bond motifs is 1. The molecule has 0 fully saturated rings. The molecule has 64 valence electrons. The summed E-state index contributed by atoms with van der Waals surface area (Å²) in [6.45, 7) is 0. The van der Waals surface area contributed by atoms with Crippen LogP contribution in [0.25, 0.3) is 6.08 Å². The van der Waals surface area contributed by atoms with Crippen LogP contribution in [-0.2, 0) is 0 Å². The summed E-state index contributed by atoms with van der Waals surface area (Å²) in [5, 5.41) is 8.68. The summed E-state index contributed by atoms with van der Waals surface area (Å²) in [5.41, 5.74) is 6.61. The van der Waals surface area contributed by atoms with Gasteiger partial charge < -0.3 is 4.74 Å². The van der Waals surface area contributed by atoms with Crippen molar-refractivity contribution in [3.63, 3.8) is 0 Å². The van der Waals surface area contributed by atoms with Gasteiger partial charge in [0.15, 0.2) is 6.23 Å². The maximum atomic E-state index is 8.68. The van der Waals surface area contributed by atoms with Crippen molar-refractivity contribution < 1.29 is 4.74 Å². The third-order valence-electron chi connectivity index (χ3n) is 1.78. The van der Waals surface area contributed by atoms with Gasteiger partial charge in [-0.25, -0.2) is 0 Å². The molecule has 1 aliphatic heterocycles. The molecular formula is C9H7N3O. The van der Waals surface area contributed by atoms with E-state index in [1.165, 1.54) is 0 Å². The van der Waals surface area contributed by atoms with Gasteiger partial charge in [-0.05, 0) is 18.2 Å². The van der Waals surface area contributed by atoms with Crippen LogP contribution < -0.4 is 10.5 Å². The quantitative estimate of drug-likeness (QED) is 0.625. The van der Waals surface area contributed by atoms with E-state index in [0.717, 1.165) is 0 Å². The molecule has 1 atom stereocenters. The van der Waals surface area contributed by atoms with Crippen LogP contribution in [0.2, 0.25) is 0 Å². The second-order valence-electron chi connectivity index (χ2n) is 2.64. The van der Waals surface area contributed by atoms with Gasteiger partial charge in [0.2, 0.25) is 0 Å². The van der Waals surface area contributed by atoms with E-state index < -0.39 is 6.23 Å². The van der Waals surface area contributed by atoms with E-state index in [1.807, 2.05) is 6.07 Å². The lowest BCUT2D eigenvalue weighted by atomic mass is 10.1. The van der Waals surface area contributed by atoms with Crippen molar-refractivity contribution in [1.29, 1.82) is 5.26 Å². The summed E-state index contributed by atoms with van der Waals surface area (Å²) >= 11 is 0. The molecule has 4 heteroatoms. The zero-order chi connectivity index (χ0) is 9.26. The fraction of sp³-hybridized carbons (Fsp3) is 0.111. The van der Waals surface area contributed by atoms with Crippen molar-refractivity contribution in [2.75, 3.05) is 0 Å². The standard InChI is InChI=1S/C9H7N3O/c10-5-6-4-7-8(13-9(6)11)2-1-3-12-7/h1-4,9H,11H2. The van der Waals surface area contributed by atoms with Crippen LogP contribution in [0.15, 0.2) is 23.9 Å². The number of hydrogen-bond donors (Lipinski definition) is 1. The average molecular weight is 173 g/mol. The number of hydrogen-bond acceptors (Lipinski definition) is 4. The highest BCUT2D eigenvalue weighted by atomic mass is 16.5. The van der Waals surface area contributed by atoms with Gasteiger partial charge in [-0.15, -0.1) is 0 Å². The minimum Gasteiger partial charge on any atom is -0.468 e. The van der Waals surface area contributed by atoms with Gasteiger partial charge in [0, 0.05) is 6.20 Å². The Bertz CT molecular complexity index is 406. The Labute approximate surface area is 75.3 Å². The van der Waals surface area contributed by atoms with Crippen LogP contribution in [0, 0.1) is 11.3 Å². The van der Waals surface area contributed by atoms with E-state index in [9.17, 15) is 0 Å². The first kappa shape index (κ1) is 7.77. The first-order chi connectivity index (χ1) is 6.31. The molecule has 0 aliphatic carbocycles. The largest absolute Gasteiger partial charge is 0.468 e. The molecule has 2 heterocycles. The lowest BCUT2D eigenvalue weighted by Crippen LogP contribution is -2.31. The predicted octanol–water partition coefficient (Wildman–Crippen LogP) is 0.666. The summed E-state index contributed by atoms with van der Waals surface area (Å²) < 4.78 is 5.26. The van der Waals surface area contributed by atoms with Gasteiger partial charge in [-0.1, -0.05) is 0 Å². The number of nitrogens with two attached hydrogens (primary N) is 1. The molecule has 0 bridgehead atoms. The average Bonchev–Trinajstić information content (AvgIpc) is 2.17. The topological polar surface area (TPSA) is 71.9 Å². The highest BCUT2D eigenvalue weighted by molar-refractivity contribution is 5.62. The number of aromatic nitrogens is 1. The fourth-order valence-electron chi connectivity index (χ4n) is 1.14. The van der Waals surface area contributed by atoms with Gasteiger partial charge in [0.05, 0.1) is 5.57 Å². The van der Waals surface area contributed by atoms with Crippen molar-refractivity contribution >= 4 is 6.08 Å². The monoisotopic (exact) mass is 173 g/mol. The Morgan fingerprint density at radius 3 is 3.23 bits per heavy atom. The van der Waals surface area contributed by atoms with Crippen molar-refractivity contribution in [2.24, 2.45) is 5.73 Å². The van der Waals surface area contributed by atoms with Crippen LogP contribution in [0.1, 0.15) is 5.69 Å². The third-order valence-corrected chi connectivity index (χ3v) is 1.78. The van der Waals surface area contributed by atoms with Crippen molar-refractivity contribution in [3.8, 4) is 11.8 Å². The number of nitriles is 1. The van der Waals surface area contributed by atoms with Crippen molar-refractivity contribution in [3.05, 3.63) is 29.6 Å². The van der Waals surface area contributed by atoms with Crippen molar-refractivity contribution in [1.82, 2.24) is 4.98 Å². The second-order valence-corrected chi connectivity index (χ2v) is 2.64. The zero-order valence-electron chi connectivity index (χ0n) is 6.77. The van der Waals surface area contributed by atoms with E-state index in [0.29, 0.717) is 17.0 Å². The molecule has 0 saturated heterocycles. The Balaban J connectivity index is 2.51. The maximum absolute atomic E-state index is 8.68. The highest BCUT2D eigenvalue weighted by Crippen LogP contribution is 2.25. The normalized spacial score (nSPS) is 19.4. The van der Waals surface area contributed by atoms with E-state index in [2.05, 4.69) is 4.98 Å². The smallest absolute Gasteiger partial charge is 0.184 e.